The van der Waals surface area contributed by atoms with Crippen LogP contribution in [0.25, 0.3) is 0 Å². The number of amides is 1. The van der Waals surface area contributed by atoms with Crippen LogP contribution < -0.4 is 5.32 Å². The van der Waals surface area contributed by atoms with Gasteiger partial charge in [-0.3, -0.25) is 24.0 Å². The molecule has 4 aliphatic rings. The van der Waals surface area contributed by atoms with Gasteiger partial charge in [0.25, 0.3) is 5.91 Å². The van der Waals surface area contributed by atoms with Crippen molar-refractivity contribution < 1.29 is 71.9 Å². The van der Waals surface area contributed by atoms with Crippen LogP contribution >= 0.6 is 0 Å². The number of rotatable bonds is 15. The minimum atomic E-state index is -2.77. The van der Waals surface area contributed by atoms with E-state index in [4.69, 9.17) is 28.1 Å². The summed E-state index contributed by atoms with van der Waals surface area (Å²) in [6, 6.07) is 16.9. The Kier molecular flexibility index (Phi) is 14.4. The highest BCUT2D eigenvalue weighted by Gasteiger charge is 2.78. The van der Waals surface area contributed by atoms with Gasteiger partial charge in [-0.15, -0.1) is 0 Å². The number of aliphatic hydroxyl groups is 2. The quantitative estimate of drug-likeness (QED) is 0.0699. The molecule has 2 saturated carbocycles. The Morgan fingerprint density at radius 1 is 0.864 bits per heavy atom. The van der Waals surface area contributed by atoms with E-state index in [0.29, 0.717) is 23.7 Å². The maximum absolute atomic E-state index is 15.7. The second kappa shape index (κ2) is 18.9. The summed E-state index contributed by atoms with van der Waals surface area (Å²) in [5.74, 6) is -7.75. The summed E-state index contributed by atoms with van der Waals surface area (Å²) in [4.78, 5) is 97.2. The smallest absolute Gasteiger partial charge is 0.338 e. The second-order valence-electron chi connectivity index (χ2n) is 18.9. The molecule has 3 fully saturated rings. The highest BCUT2D eigenvalue weighted by atomic mass is 28.4. The average molecular weight is 934 g/mol. The molecule has 11 atom stereocenters. The van der Waals surface area contributed by atoms with Crippen molar-refractivity contribution >= 4 is 49.7 Å². The molecule has 0 spiro atoms. The second-order valence-corrected chi connectivity index (χ2v) is 23.6. The first-order valence-electron chi connectivity index (χ1n) is 22.6. The Bertz CT molecular complexity index is 2250. The first kappa shape index (κ1) is 50.3. The van der Waals surface area contributed by atoms with Crippen molar-refractivity contribution in [2.45, 2.75) is 154 Å². The molecule has 1 saturated heterocycles. The van der Waals surface area contributed by atoms with E-state index in [-0.39, 0.29) is 29.7 Å². The van der Waals surface area contributed by atoms with E-state index in [9.17, 15) is 34.2 Å². The molecular formula is C49H63NO15Si. The Balaban J connectivity index is 1.61. The fourth-order valence-corrected chi connectivity index (χ4v) is 13.8. The van der Waals surface area contributed by atoms with Gasteiger partial charge in [0, 0.05) is 39.0 Å². The average Bonchev–Trinajstić information content (AvgIpc) is 3.27. The summed E-state index contributed by atoms with van der Waals surface area (Å²) < 4.78 is 37.9. The van der Waals surface area contributed by atoms with Crippen LogP contribution in [0.2, 0.25) is 18.1 Å². The largest absolute Gasteiger partial charge is 0.456 e. The van der Waals surface area contributed by atoms with Crippen LogP contribution in [-0.2, 0) is 56.9 Å². The highest BCUT2D eigenvalue weighted by Crippen LogP contribution is 2.64. The van der Waals surface area contributed by atoms with Gasteiger partial charge in [-0.2, -0.15) is 0 Å². The van der Waals surface area contributed by atoms with Crippen molar-refractivity contribution in [3.8, 4) is 0 Å². The minimum absolute atomic E-state index is 0.0248. The van der Waals surface area contributed by atoms with Gasteiger partial charge in [0.15, 0.2) is 31.9 Å². The molecule has 0 aromatic heterocycles. The number of aliphatic hydroxyl groups excluding tert-OH is 1. The number of ketones is 2. The van der Waals surface area contributed by atoms with Gasteiger partial charge < -0.3 is 43.6 Å². The first-order chi connectivity index (χ1) is 31.0. The van der Waals surface area contributed by atoms with E-state index in [0.717, 1.165) is 20.8 Å². The van der Waals surface area contributed by atoms with Crippen LogP contribution in [0.1, 0.15) is 104 Å². The zero-order chi connectivity index (χ0) is 48.7. The molecule has 2 aromatic carbocycles. The molecule has 2 aromatic rings. The fourth-order valence-electron chi connectivity index (χ4n) is 11.0. The number of hydrogen-bond donors (Lipinski definition) is 3. The Hall–Kier alpha value is -5.07. The van der Waals surface area contributed by atoms with Crippen LogP contribution in [0.4, 0.5) is 0 Å². The number of hydrogen-bond acceptors (Lipinski definition) is 15. The molecule has 17 heteroatoms. The minimum Gasteiger partial charge on any atom is -0.456 e. The number of carbonyl (C=O) groups excluding carboxylic acids is 7. The van der Waals surface area contributed by atoms with Gasteiger partial charge in [-0.25, -0.2) is 9.59 Å². The summed E-state index contributed by atoms with van der Waals surface area (Å²) in [7, 11) is -2.77. The topological polar surface area (TPSA) is 227 Å². The summed E-state index contributed by atoms with van der Waals surface area (Å²) in [6.45, 7) is 15.1. The van der Waals surface area contributed by atoms with Crippen molar-refractivity contribution in [3.05, 3.63) is 82.9 Å². The third-order valence-electron chi connectivity index (χ3n) is 15.1. The molecule has 16 nitrogen and oxygen atoms in total. The van der Waals surface area contributed by atoms with Gasteiger partial charge in [0.2, 0.25) is 5.78 Å². The van der Waals surface area contributed by atoms with Crippen LogP contribution in [0, 0.1) is 16.7 Å². The fraction of sp³-hybridized carbons (Fsp3) is 0.571. The van der Waals surface area contributed by atoms with Crippen molar-refractivity contribution in [2.24, 2.45) is 16.7 Å². The molecule has 1 aliphatic heterocycles. The predicted octanol–water partition coefficient (Wildman–Crippen LogP) is 5.04. The third kappa shape index (κ3) is 8.57. The van der Waals surface area contributed by atoms with Crippen LogP contribution in [0.5, 0.6) is 0 Å². The molecular weight excluding hydrogens is 871 g/mol. The number of ether oxygens (including phenoxy) is 5. The standard InChI is InChI=1S/C49H63NO15Si/c1-11-66(12-2,13-3)65-39(37(50-43(56)28(5)51)31-20-16-14-17-21-31)45(58)62-33-25-49(59)42(63-44(57)32-22-18-15-19-23-32)40-47(10,34(54)24-35-48(40,26-60-35)64-30(7)53)41(55)38(61-29(6)52)36(27(33)4)46(49,8)9/h14-23,33-35,37-40,42,54,59H,11-13,24-26H2,1-10H3,(H,50,56)/t33-,34-,35+,37-,38+,39+,40?,42?,47+,48-,49+/m0/s1. The lowest BCUT2D eigenvalue weighted by atomic mass is 9.44. The lowest BCUT2D eigenvalue weighted by molar-refractivity contribution is -0.346. The number of benzene rings is 2. The maximum atomic E-state index is 15.7. The predicted molar refractivity (Wildman–Crippen MR) is 239 cm³/mol. The van der Waals surface area contributed by atoms with E-state index in [1.54, 1.807) is 69.3 Å². The molecule has 1 amide bonds. The SMILES string of the molecule is CC[Si](CC)(CC)O[C@@H](C(=O)O[C@H]1C[C@@]2(O)C(OC(=O)c3ccccc3)C3[C@](C)(C(=O)[C@H](OC(C)=O)C(=C1C)C2(C)C)[C@@H](O)C[C@H]1OC[C@@]31OC(C)=O)[C@@H](NC(=O)C(C)=O)c1ccccc1. The van der Waals surface area contributed by atoms with Gasteiger partial charge in [-0.1, -0.05) is 83.1 Å². The normalized spacial score (nSPS) is 30.9. The molecule has 3 N–H and O–H groups in total. The molecule has 2 bridgehead atoms. The van der Waals surface area contributed by atoms with E-state index >= 15 is 9.59 Å². The molecule has 0 radical (unpaired) electrons. The maximum Gasteiger partial charge on any atom is 0.338 e. The molecule has 6 rings (SSSR count). The van der Waals surface area contributed by atoms with Gasteiger partial charge in [0.05, 0.1) is 35.6 Å². The van der Waals surface area contributed by atoms with Gasteiger partial charge in [0.1, 0.15) is 23.9 Å². The zero-order valence-electron chi connectivity index (χ0n) is 39.3. The lowest BCUT2D eigenvalue weighted by Gasteiger charge is -2.67. The third-order valence-corrected chi connectivity index (χ3v) is 19.7. The number of carbonyl (C=O) groups is 7. The highest BCUT2D eigenvalue weighted by molar-refractivity contribution is 6.73. The lowest BCUT2D eigenvalue weighted by Crippen LogP contribution is -2.82. The van der Waals surface area contributed by atoms with Crippen LogP contribution in [-0.4, -0.2) is 114 Å². The summed E-state index contributed by atoms with van der Waals surface area (Å²) in [5, 5.41) is 28.8. The van der Waals surface area contributed by atoms with E-state index in [2.05, 4.69) is 5.32 Å². The number of fused-ring (bicyclic) bond motifs is 5. The van der Waals surface area contributed by atoms with Crippen LogP contribution in [0.15, 0.2) is 71.8 Å². The van der Waals surface area contributed by atoms with Crippen molar-refractivity contribution in [1.29, 1.82) is 0 Å². The van der Waals surface area contributed by atoms with E-state index in [1.165, 1.54) is 19.1 Å². The number of esters is 4. The monoisotopic (exact) mass is 933 g/mol. The molecule has 358 valence electrons. The van der Waals surface area contributed by atoms with Crippen LogP contribution in [0.3, 0.4) is 0 Å². The zero-order valence-corrected chi connectivity index (χ0v) is 40.3. The first-order valence-corrected chi connectivity index (χ1v) is 25.2. The molecule has 66 heavy (non-hydrogen) atoms. The molecule has 3 aliphatic carbocycles. The van der Waals surface area contributed by atoms with Gasteiger partial charge in [-0.05, 0) is 60.8 Å². The summed E-state index contributed by atoms with van der Waals surface area (Å²) in [5.41, 5.74) is -7.14. The van der Waals surface area contributed by atoms with Gasteiger partial charge >= 0.3 is 23.9 Å². The Morgan fingerprint density at radius 3 is 1.97 bits per heavy atom. The number of nitrogens with one attached hydrogen (secondary N) is 1. The van der Waals surface area contributed by atoms with E-state index < -0.39 is 127 Å². The van der Waals surface area contributed by atoms with Crippen molar-refractivity contribution in [2.75, 3.05) is 6.61 Å². The molecule has 1 heterocycles. The van der Waals surface area contributed by atoms with E-state index in [1.807, 2.05) is 20.8 Å². The van der Waals surface area contributed by atoms with Crippen molar-refractivity contribution in [1.82, 2.24) is 5.32 Å². The van der Waals surface area contributed by atoms with Crippen molar-refractivity contribution in [3.63, 3.8) is 0 Å². The molecule has 2 unspecified atom stereocenters. The number of Topliss-reactive ketones (excluding diaryl/α,β-unsaturated/α-hetero) is 2. The Labute approximate surface area is 386 Å². The Morgan fingerprint density at radius 2 is 1.45 bits per heavy atom. The summed E-state index contributed by atoms with van der Waals surface area (Å²) in [6.07, 6.45) is -9.97. The summed E-state index contributed by atoms with van der Waals surface area (Å²) >= 11 is 0.